The summed E-state index contributed by atoms with van der Waals surface area (Å²) in [5, 5.41) is 1.89. The number of benzene rings is 1. The Kier molecular flexibility index (Phi) is 6.46. The number of hydrazine groups is 1. The van der Waals surface area contributed by atoms with E-state index in [0.717, 1.165) is 4.99 Å². The summed E-state index contributed by atoms with van der Waals surface area (Å²) in [6, 6.07) is 4.79. The van der Waals surface area contributed by atoms with Crippen LogP contribution < -0.4 is 15.2 Å². The normalized spacial score (nSPS) is 20.2. The van der Waals surface area contributed by atoms with E-state index in [2.05, 4.69) is 5.43 Å². The molecule has 3 rings (SSSR count). The Bertz CT molecular complexity index is 776. The van der Waals surface area contributed by atoms with Crippen LogP contribution >= 0.6 is 12.2 Å². The highest BCUT2D eigenvalue weighted by Crippen LogP contribution is 2.29. The van der Waals surface area contributed by atoms with Gasteiger partial charge in [0, 0.05) is 26.1 Å². The molecule has 1 amide bonds. The second-order valence-corrected chi connectivity index (χ2v) is 7.65. The Morgan fingerprint density at radius 2 is 2.11 bits per heavy atom. The van der Waals surface area contributed by atoms with Gasteiger partial charge in [-0.2, -0.15) is 0 Å². The van der Waals surface area contributed by atoms with Gasteiger partial charge < -0.3 is 19.4 Å². The van der Waals surface area contributed by atoms with Crippen molar-refractivity contribution >= 4 is 40.5 Å². The molecule has 0 radical (unpaired) electrons. The number of hydrogen-bond acceptors (Lipinski definition) is 6. The van der Waals surface area contributed by atoms with E-state index in [0.29, 0.717) is 56.9 Å². The van der Waals surface area contributed by atoms with E-state index in [1.165, 1.54) is 17.9 Å². The zero-order chi connectivity index (χ0) is 20.3. The Balaban J connectivity index is 1.68. The molecule has 0 spiro atoms. The van der Waals surface area contributed by atoms with Gasteiger partial charge in [0.1, 0.15) is 17.7 Å². The molecule has 0 bridgehead atoms. The number of halogens is 1. The van der Waals surface area contributed by atoms with Crippen LogP contribution in [0.3, 0.4) is 0 Å². The molecule has 1 atom stereocenters. The molecule has 0 unspecified atom stereocenters. The van der Waals surface area contributed by atoms with Crippen molar-refractivity contribution in [2.75, 3.05) is 42.5 Å². The molecule has 152 valence electrons. The topological polar surface area (TPSA) is 65.1 Å². The van der Waals surface area contributed by atoms with Crippen LogP contribution in [0, 0.1) is 5.82 Å². The molecule has 9 heteroatoms. The zero-order valence-electron chi connectivity index (χ0n) is 16.1. The molecule has 1 aromatic rings. The number of cyclic esters (lactones) is 1. The minimum Gasteiger partial charge on any atom is -0.444 e. The number of anilines is 2. The van der Waals surface area contributed by atoms with E-state index < -0.39 is 6.09 Å². The van der Waals surface area contributed by atoms with Crippen molar-refractivity contribution in [1.29, 1.82) is 0 Å². The number of carbonyl (C=O) groups excluding carboxylic acids is 2. The van der Waals surface area contributed by atoms with Gasteiger partial charge in [-0.15, -0.1) is 0 Å². The van der Waals surface area contributed by atoms with Gasteiger partial charge >= 0.3 is 6.09 Å². The van der Waals surface area contributed by atoms with Gasteiger partial charge in [-0.3, -0.25) is 4.90 Å². The van der Waals surface area contributed by atoms with Crippen LogP contribution in [0.5, 0.6) is 0 Å². The van der Waals surface area contributed by atoms with E-state index in [-0.39, 0.29) is 17.7 Å². The lowest BCUT2D eigenvalue weighted by molar-refractivity contribution is -0.117. The number of nitrogens with one attached hydrogen (secondary N) is 1. The molecule has 0 aromatic heterocycles. The Morgan fingerprint density at radius 3 is 2.79 bits per heavy atom. The molecule has 7 nitrogen and oxygen atoms in total. The second-order valence-electron chi connectivity index (χ2n) is 7.06. The summed E-state index contributed by atoms with van der Waals surface area (Å²) < 4.78 is 20.1. The van der Waals surface area contributed by atoms with Crippen molar-refractivity contribution in [1.82, 2.24) is 10.4 Å². The number of thiocarbonyl (C=S) groups is 1. The van der Waals surface area contributed by atoms with Crippen molar-refractivity contribution in [3.8, 4) is 0 Å². The largest absolute Gasteiger partial charge is 0.444 e. The smallest absolute Gasteiger partial charge is 0.414 e. The summed E-state index contributed by atoms with van der Waals surface area (Å²) in [6.45, 7) is 6.28. The summed E-state index contributed by atoms with van der Waals surface area (Å²) in [7, 11) is 0. The minimum atomic E-state index is -0.508. The van der Waals surface area contributed by atoms with E-state index >= 15 is 0 Å². The number of Topliss-reactive ketones (excluding diaryl/α,β-unsaturated/α-hetero) is 1. The molecule has 0 saturated carbocycles. The summed E-state index contributed by atoms with van der Waals surface area (Å²) in [5.74, 6) is -0.329. The molecule has 2 heterocycles. The van der Waals surface area contributed by atoms with Crippen molar-refractivity contribution in [2.45, 2.75) is 32.8 Å². The highest BCUT2D eigenvalue weighted by molar-refractivity contribution is 7.80. The lowest BCUT2D eigenvalue weighted by atomic mass is 10.1. The lowest BCUT2D eigenvalue weighted by Crippen LogP contribution is -2.41. The Labute approximate surface area is 169 Å². The van der Waals surface area contributed by atoms with Crippen molar-refractivity contribution in [2.24, 2.45) is 0 Å². The highest BCUT2D eigenvalue weighted by Gasteiger charge is 2.32. The number of nitrogens with zero attached hydrogens (tertiary/aromatic N) is 3. The molecule has 2 aliphatic rings. The van der Waals surface area contributed by atoms with Gasteiger partial charge in [-0.25, -0.2) is 14.6 Å². The fourth-order valence-electron chi connectivity index (χ4n) is 3.41. The average Bonchev–Trinajstić information content (AvgIpc) is 2.85. The van der Waals surface area contributed by atoms with E-state index in [1.807, 2.05) is 16.8 Å². The van der Waals surface area contributed by atoms with Crippen molar-refractivity contribution < 1.29 is 18.7 Å². The summed E-state index contributed by atoms with van der Waals surface area (Å²) in [6.07, 6.45) is -0.0129. The number of rotatable bonds is 5. The van der Waals surface area contributed by atoms with Gasteiger partial charge in [0.2, 0.25) is 0 Å². The summed E-state index contributed by atoms with van der Waals surface area (Å²) in [4.78, 5) is 27.4. The van der Waals surface area contributed by atoms with Gasteiger partial charge in [-0.05, 0) is 38.5 Å². The molecule has 1 aromatic carbocycles. The van der Waals surface area contributed by atoms with Gasteiger partial charge in [-0.1, -0.05) is 12.2 Å². The van der Waals surface area contributed by atoms with Crippen LogP contribution in [-0.4, -0.2) is 60.7 Å². The van der Waals surface area contributed by atoms with Crippen LogP contribution in [0.2, 0.25) is 0 Å². The molecule has 28 heavy (non-hydrogen) atoms. The predicted molar refractivity (Wildman–Crippen MR) is 109 cm³/mol. The maximum absolute atomic E-state index is 14.8. The third kappa shape index (κ3) is 4.77. The SMILES string of the molecule is CC(=O)CC[C@H]1CN(c2ccc(N3CCNN(C(C)=S)CC3)c(F)c2)C(=O)O1. The molecule has 1 N–H and O–H groups in total. The zero-order valence-corrected chi connectivity index (χ0v) is 16.9. The van der Waals surface area contributed by atoms with Gasteiger partial charge in [0.15, 0.2) is 0 Å². The number of amides is 1. The van der Waals surface area contributed by atoms with E-state index in [4.69, 9.17) is 17.0 Å². The first-order chi connectivity index (χ1) is 13.3. The number of hydrogen-bond donors (Lipinski definition) is 1. The van der Waals surface area contributed by atoms with Crippen LogP contribution in [0.15, 0.2) is 18.2 Å². The van der Waals surface area contributed by atoms with Crippen LogP contribution in [-0.2, 0) is 9.53 Å². The minimum absolute atomic E-state index is 0.0548. The van der Waals surface area contributed by atoms with Crippen molar-refractivity contribution in [3.05, 3.63) is 24.0 Å². The number of ether oxygens (including phenoxy) is 1. The predicted octanol–water partition coefficient (Wildman–Crippen LogP) is 2.49. The number of ketones is 1. The quantitative estimate of drug-likeness (QED) is 0.751. The Hall–Kier alpha value is -2.26. The Morgan fingerprint density at radius 1 is 1.32 bits per heavy atom. The fraction of sp³-hybridized carbons (Fsp3) is 0.526. The monoisotopic (exact) mass is 408 g/mol. The van der Waals surface area contributed by atoms with Gasteiger partial charge in [0.05, 0.1) is 29.5 Å². The standard InChI is InChI=1S/C19H25FN4O3S/c1-13(25)3-5-16-12-23(19(26)27-16)15-4-6-18(17(20)11-15)22-8-7-21-24(10-9-22)14(2)28/h4,6,11,16,21H,3,5,7-10,12H2,1-2H3/t16-/m0/s1. The van der Waals surface area contributed by atoms with Gasteiger partial charge in [0.25, 0.3) is 0 Å². The molecular weight excluding hydrogens is 383 g/mol. The molecular formula is C19H25FN4O3S. The third-order valence-corrected chi connectivity index (χ3v) is 5.15. The second kappa shape index (κ2) is 8.83. The molecule has 0 aliphatic carbocycles. The van der Waals surface area contributed by atoms with Crippen LogP contribution in [0.4, 0.5) is 20.6 Å². The maximum Gasteiger partial charge on any atom is 0.414 e. The summed E-state index contributed by atoms with van der Waals surface area (Å²) >= 11 is 5.19. The maximum atomic E-state index is 14.8. The molecule has 2 aliphatic heterocycles. The first-order valence-electron chi connectivity index (χ1n) is 9.39. The number of carbonyl (C=O) groups is 2. The average molecular weight is 408 g/mol. The van der Waals surface area contributed by atoms with E-state index in [1.54, 1.807) is 12.1 Å². The highest BCUT2D eigenvalue weighted by atomic mass is 32.1. The first-order valence-corrected chi connectivity index (χ1v) is 9.79. The van der Waals surface area contributed by atoms with Crippen LogP contribution in [0.25, 0.3) is 0 Å². The van der Waals surface area contributed by atoms with Crippen LogP contribution in [0.1, 0.15) is 26.7 Å². The van der Waals surface area contributed by atoms with Crippen molar-refractivity contribution in [3.63, 3.8) is 0 Å². The molecule has 2 fully saturated rings. The fourth-order valence-corrected chi connectivity index (χ4v) is 3.56. The lowest BCUT2D eigenvalue weighted by Gasteiger charge is -2.24. The summed E-state index contributed by atoms with van der Waals surface area (Å²) in [5.41, 5.74) is 4.18. The third-order valence-electron chi connectivity index (χ3n) is 4.93. The molecule has 2 saturated heterocycles. The first kappa shape index (κ1) is 20.5. The van der Waals surface area contributed by atoms with E-state index in [9.17, 15) is 14.0 Å².